The SMILES string of the molecule is CC(C)C(NC(=O)CCCCCN1C(=O)C=CC1=O)C(=O)N[C@@H](CCCNC(N)=O)C(=O)Nc1ccc(C[C@H](NC(=O)CCNC(=O)[C@@H](N)CCN(C(=O)CO)[C@@H](c2nc(-c3cc(F)ccc3F)cn2Cc2ccccc2)C(C)(C)C)C(=O)O)cc1.O=C(O)C(F)(F)F. The Hall–Kier alpha value is -9.65. The van der Waals surface area contributed by atoms with Gasteiger partial charge in [0.05, 0.1) is 17.8 Å². The molecule has 31 heteroatoms. The zero-order valence-electron chi connectivity index (χ0n) is 51.9. The largest absolute Gasteiger partial charge is 0.490 e. The lowest BCUT2D eigenvalue weighted by Crippen LogP contribution is -2.54. The number of hydrogen-bond acceptors (Lipinski definition) is 14. The normalized spacial score (nSPS) is 13.8. The lowest BCUT2D eigenvalue weighted by Gasteiger charge is -2.40. The summed E-state index contributed by atoms with van der Waals surface area (Å²) in [6, 6.07) is 11.8. The first-order valence-electron chi connectivity index (χ1n) is 29.6. The number of aromatic nitrogens is 2. The van der Waals surface area contributed by atoms with Crippen molar-refractivity contribution in [2.45, 2.75) is 135 Å². The molecule has 1 unspecified atom stereocenters. The summed E-state index contributed by atoms with van der Waals surface area (Å²) in [5.74, 6) is -10.2. The quantitative estimate of drug-likeness (QED) is 0.0183. The highest BCUT2D eigenvalue weighted by atomic mass is 19.4. The Labute approximate surface area is 532 Å². The predicted molar refractivity (Wildman–Crippen MR) is 326 cm³/mol. The van der Waals surface area contributed by atoms with Crippen molar-refractivity contribution >= 4 is 70.9 Å². The number of aliphatic hydroxyl groups is 1. The highest BCUT2D eigenvalue weighted by Crippen LogP contribution is 2.40. The van der Waals surface area contributed by atoms with Gasteiger partial charge in [0.25, 0.3) is 11.8 Å². The highest BCUT2D eigenvalue weighted by Gasteiger charge is 2.40. The predicted octanol–water partition coefficient (Wildman–Crippen LogP) is 3.95. The minimum absolute atomic E-state index is 0.0474. The van der Waals surface area contributed by atoms with E-state index in [0.717, 1.165) is 28.7 Å². The number of halogens is 5. The molecule has 13 N–H and O–H groups in total. The number of carboxylic acids is 2. The number of carbonyl (C=O) groups is 11. The van der Waals surface area contributed by atoms with Crippen molar-refractivity contribution in [1.29, 1.82) is 0 Å². The van der Waals surface area contributed by atoms with Crippen LogP contribution in [0.15, 0.2) is 91.1 Å². The Morgan fingerprint density at radius 1 is 0.720 bits per heavy atom. The average Bonchev–Trinajstić information content (AvgIpc) is 1.68. The van der Waals surface area contributed by atoms with E-state index in [1.54, 1.807) is 24.6 Å². The van der Waals surface area contributed by atoms with E-state index >= 15 is 4.39 Å². The Balaban J connectivity index is 0.00000248. The molecule has 2 heterocycles. The number of aliphatic carboxylic acids is 2. The molecule has 3 aromatic carbocycles. The van der Waals surface area contributed by atoms with Crippen molar-refractivity contribution in [3.63, 3.8) is 0 Å². The summed E-state index contributed by atoms with van der Waals surface area (Å²) in [5, 5.41) is 43.0. The number of nitrogens with one attached hydrogen (secondary N) is 6. The second-order valence-corrected chi connectivity index (χ2v) is 23.1. The van der Waals surface area contributed by atoms with Crippen LogP contribution in [0.2, 0.25) is 0 Å². The molecule has 0 radical (unpaired) electrons. The molecule has 1 aromatic heterocycles. The van der Waals surface area contributed by atoms with Crippen LogP contribution in [-0.2, 0) is 60.9 Å². The number of carbonyl (C=O) groups excluding carboxylic acids is 9. The van der Waals surface area contributed by atoms with Crippen LogP contribution >= 0.6 is 0 Å². The number of anilines is 1. The number of imidazole rings is 1. The summed E-state index contributed by atoms with van der Waals surface area (Å²) in [6.07, 6.45) is 0.00307. The molecule has 10 amide bonds. The number of nitrogens with two attached hydrogens (primary N) is 2. The van der Waals surface area contributed by atoms with E-state index < -0.39 is 119 Å². The fourth-order valence-electron chi connectivity index (χ4n) is 9.57. The molecule has 0 saturated heterocycles. The Morgan fingerprint density at radius 3 is 1.94 bits per heavy atom. The van der Waals surface area contributed by atoms with Crippen LogP contribution in [0, 0.1) is 23.0 Å². The van der Waals surface area contributed by atoms with Crippen molar-refractivity contribution in [2.24, 2.45) is 22.8 Å². The van der Waals surface area contributed by atoms with Gasteiger partial charge in [-0.3, -0.25) is 43.3 Å². The van der Waals surface area contributed by atoms with Crippen molar-refractivity contribution in [2.75, 3.05) is 38.1 Å². The Bertz CT molecular complexity index is 3290. The summed E-state index contributed by atoms with van der Waals surface area (Å²) in [5.41, 5.74) is 12.3. The van der Waals surface area contributed by atoms with Gasteiger partial charge in [-0.2, -0.15) is 13.2 Å². The van der Waals surface area contributed by atoms with E-state index in [1.165, 1.54) is 41.3 Å². The lowest BCUT2D eigenvalue weighted by molar-refractivity contribution is -0.192. The molecule has 0 spiro atoms. The molecule has 26 nitrogen and oxygen atoms in total. The molecule has 0 bridgehead atoms. The maximum absolute atomic E-state index is 15.2. The zero-order chi connectivity index (χ0) is 69.3. The fourth-order valence-corrected chi connectivity index (χ4v) is 9.57. The van der Waals surface area contributed by atoms with Gasteiger partial charge in [-0.05, 0) is 84.9 Å². The van der Waals surface area contributed by atoms with Crippen molar-refractivity contribution in [3.8, 4) is 11.3 Å². The number of aliphatic hydroxyl groups excluding tert-OH is 1. The van der Waals surface area contributed by atoms with E-state index in [-0.39, 0.29) is 100 Å². The number of imide groups is 1. The molecule has 0 fully saturated rings. The average molecular weight is 1310 g/mol. The zero-order valence-corrected chi connectivity index (χ0v) is 51.9. The van der Waals surface area contributed by atoms with E-state index in [9.17, 15) is 75.7 Å². The topological polar surface area (TPSA) is 397 Å². The molecular weight excluding hydrogens is 1230 g/mol. The van der Waals surface area contributed by atoms with E-state index in [0.29, 0.717) is 30.7 Å². The highest BCUT2D eigenvalue weighted by molar-refractivity contribution is 6.12. The van der Waals surface area contributed by atoms with Gasteiger partial charge in [0.15, 0.2) is 0 Å². The van der Waals surface area contributed by atoms with Crippen LogP contribution in [0.25, 0.3) is 11.3 Å². The summed E-state index contributed by atoms with van der Waals surface area (Å²) >= 11 is 0. The van der Waals surface area contributed by atoms with Gasteiger partial charge in [-0.25, -0.2) is 28.1 Å². The number of carboxylic acid groups (broad SMARTS) is 2. The Morgan fingerprint density at radius 2 is 1.35 bits per heavy atom. The van der Waals surface area contributed by atoms with E-state index in [2.05, 4.69) is 31.9 Å². The first kappa shape index (κ1) is 75.8. The maximum atomic E-state index is 15.2. The van der Waals surface area contributed by atoms with Crippen LogP contribution < -0.4 is 43.4 Å². The standard InChI is InChI=1S/C60H78F2N12O12.C2HF3O2/c1-36(2)52(71-47(76)16-10-7-11-29-73-49(78)23-24-50(73)79)57(83)70-44(15-12-27-66-59(64)86)56(82)67-40-20-17-37(18-21-40)31-45(58(84)85)68-48(77)25-28-65-55(81)43(63)26-30-74(51(80)35-75)53(60(3,4)5)54-69-46(41-32-39(61)19-22-42(41)62)34-72(54)33-38-13-8-6-9-14-38;3-2(4,5)1(6)7/h6,8-9,13-14,17-24,32,34,36,43-45,52-53,75H,7,10-12,15-16,25-31,33,35,63H2,1-5H3,(H,65,81)(H,67,82)(H,68,77)(H,70,83)(H,71,76)(H,84,85)(H3,64,66,86);(H,6,7)/t43-,44-,45-,52?,53-;/m0./s1. The lowest BCUT2D eigenvalue weighted by atomic mass is 9.84. The molecule has 1 aliphatic heterocycles. The third-order valence-corrected chi connectivity index (χ3v) is 14.3. The van der Waals surface area contributed by atoms with Crippen LogP contribution in [-0.4, -0.2) is 163 Å². The molecule has 1 aliphatic rings. The number of benzene rings is 3. The van der Waals surface area contributed by atoms with Gasteiger partial charge in [-0.1, -0.05) is 83.5 Å². The summed E-state index contributed by atoms with van der Waals surface area (Å²) < 4.78 is 63.0. The first-order chi connectivity index (χ1) is 43.7. The number of amides is 10. The van der Waals surface area contributed by atoms with E-state index in [4.69, 9.17) is 26.4 Å². The number of hydrogen-bond donors (Lipinski definition) is 11. The second kappa shape index (κ2) is 35.8. The van der Waals surface area contributed by atoms with Gasteiger partial charge in [0.2, 0.25) is 35.4 Å². The maximum Gasteiger partial charge on any atom is 0.490 e. The second-order valence-electron chi connectivity index (χ2n) is 23.1. The monoisotopic (exact) mass is 1310 g/mol. The minimum atomic E-state index is -5.08. The van der Waals surface area contributed by atoms with Crippen molar-refractivity contribution in [1.82, 2.24) is 45.9 Å². The van der Waals surface area contributed by atoms with Gasteiger partial charge in [-0.15, -0.1) is 0 Å². The number of nitrogens with zero attached hydrogens (tertiary/aromatic N) is 4. The van der Waals surface area contributed by atoms with Gasteiger partial charge < -0.3 is 68.2 Å². The molecule has 506 valence electrons. The third-order valence-electron chi connectivity index (χ3n) is 14.3. The summed E-state index contributed by atoms with van der Waals surface area (Å²) in [7, 11) is 0. The molecular formula is C62H79F5N12O14. The third kappa shape index (κ3) is 24.8. The number of urea groups is 1. The van der Waals surface area contributed by atoms with Crippen LogP contribution in [0.1, 0.15) is 109 Å². The number of alkyl halides is 3. The van der Waals surface area contributed by atoms with Gasteiger partial charge >= 0.3 is 24.1 Å². The molecule has 0 saturated carbocycles. The van der Waals surface area contributed by atoms with Gasteiger partial charge in [0, 0.05) is 81.6 Å². The summed E-state index contributed by atoms with van der Waals surface area (Å²) in [4.78, 5) is 144. The van der Waals surface area contributed by atoms with Gasteiger partial charge in [0.1, 0.15) is 42.2 Å². The van der Waals surface area contributed by atoms with Crippen LogP contribution in [0.3, 0.4) is 0 Å². The minimum Gasteiger partial charge on any atom is -0.480 e. The summed E-state index contributed by atoms with van der Waals surface area (Å²) in [6.45, 7) is 8.15. The molecule has 0 aliphatic carbocycles. The number of rotatable bonds is 33. The van der Waals surface area contributed by atoms with Crippen LogP contribution in [0.4, 0.5) is 32.4 Å². The van der Waals surface area contributed by atoms with Crippen molar-refractivity contribution in [3.05, 3.63) is 120 Å². The molecule has 93 heavy (non-hydrogen) atoms. The first-order valence-corrected chi connectivity index (χ1v) is 29.6. The number of primary amides is 1. The van der Waals surface area contributed by atoms with Crippen molar-refractivity contribution < 1.29 is 90.0 Å². The smallest absolute Gasteiger partial charge is 0.480 e. The molecule has 5 rings (SSSR count). The van der Waals surface area contributed by atoms with E-state index in [1.807, 2.05) is 51.1 Å². The molecule has 4 aromatic rings. The molecule has 5 atom stereocenters. The fraction of sp³-hybridized carbons (Fsp3) is 0.452. The number of unbranched alkanes of at least 4 members (excludes halogenated alkanes) is 2. The Kier molecular flexibility index (Phi) is 29.2. The van der Waals surface area contributed by atoms with Crippen LogP contribution in [0.5, 0.6) is 0 Å².